The van der Waals surface area contributed by atoms with Crippen LogP contribution in [0.1, 0.15) is 49.3 Å². The summed E-state index contributed by atoms with van der Waals surface area (Å²) in [6.45, 7) is 0. The van der Waals surface area contributed by atoms with Gasteiger partial charge in [0.15, 0.2) is 0 Å². The van der Waals surface area contributed by atoms with Crippen LogP contribution in [-0.4, -0.2) is 5.11 Å². The van der Waals surface area contributed by atoms with Gasteiger partial charge in [0.1, 0.15) is 11.9 Å². The summed E-state index contributed by atoms with van der Waals surface area (Å²) in [5, 5.41) is 10.2. The van der Waals surface area contributed by atoms with Crippen LogP contribution in [0.5, 0.6) is 0 Å². The Kier molecular flexibility index (Phi) is 4.48. The molecule has 0 aromatic heterocycles. The van der Waals surface area contributed by atoms with Gasteiger partial charge in [-0.1, -0.05) is 12.5 Å². The summed E-state index contributed by atoms with van der Waals surface area (Å²) in [6.07, 6.45) is 0.447. The Labute approximate surface area is 114 Å². The van der Waals surface area contributed by atoms with E-state index in [1.807, 2.05) is 6.08 Å². The molecule has 0 amide bonds. The van der Waals surface area contributed by atoms with Gasteiger partial charge in [-0.05, 0) is 55.0 Å². The zero-order valence-corrected chi connectivity index (χ0v) is 10.9. The molecule has 0 radical (unpaired) electrons. The van der Waals surface area contributed by atoms with Crippen molar-refractivity contribution < 1.29 is 22.7 Å². The van der Waals surface area contributed by atoms with Crippen LogP contribution in [0, 0.1) is 5.82 Å². The second-order valence-electron chi connectivity index (χ2n) is 5.05. The van der Waals surface area contributed by atoms with Gasteiger partial charge in [0, 0.05) is 0 Å². The minimum atomic E-state index is -4.62. The highest BCUT2D eigenvalue weighted by Crippen LogP contribution is 2.34. The number of allylic oxidation sites excluding steroid dienone is 1. The van der Waals surface area contributed by atoms with E-state index in [2.05, 4.69) is 0 Å². The van der Waals surface area contributed by atoms with Crippen molar-refractivity contribution in [3.05, 3.63) is 46.8 Å². The Balaban J connectivity index is 2.32. The largest absolute Gasteiger partial charge is 0.416 e. The monoisotopic (exact) mass is 288 g/mol. The van der Waals surface area contributed by atoms with Crippen molar-refractivity contribution in [2.45, 2.75) is 44.4 Å². The SMILES string of the molecule is OC(C1=CCCCCC1)c1cc(F)cc(C(F)(F)F)c1. The van der Waals surface area contributed by atoms with E-state index in [-0.39, 0.29) is 5.56 Å². The molecule has 0 spiro atoms. The molecule has 1 aromatic rings. The quantitative estimate of drug-likeness (QED) is 0.614. The number of hydrogen-bond donors (Lipinski definition) is 1. The van der Waals surface area contributed by atoms with Crippen LogP contribution in [-0.2, 0) is 6.18 Å². The molecule has 1 atom stereocenters. The van der Waals surface area contributed by atoms with Gasteiger partial charge >= 0.3 is 6.18 Å². The molecule has 5 heteroatoms. The molecule has 1 aliphatic carbocycles. The van der Waals surface area contributed by atoms with E-state index in [4.69, 9.17) is 0 Å². The highest BCUT2D eigenvalue weighted by molar-refractivity contribution is 5.32. The molecule has 1 nitrogen and oxygen atoms in total. The van der Waals surface area contributed by atoms with Crippen molar-refractivity contribution in [1.29, 1.82) is 0 Å². The molecule has 1 unspecified atom stereocenters. The molecule has 20 heavy (non-hydrogen) atoms. The Bertz CT molecular complexity index is 505. The molecule has 1 N–H and O–H groups in total. The molecule has 0 bridgehead atoms. The summed E-state index contributed by atoms with van der Waals surface area (Å²) >= 11 is 0. The van der Waals surface area contributed by atoms with Crippen LogP contribution in [0.25, 0.3) is 0 Å². The van der Waals surface area contributed by atoms with Crippen LogP contribution in [0.3, 0.4) is 0 Å². The predicted molar refractivity (Wildman–Crippen MR) is 67.5 cm³/mol. The highest BCUT2D eigenvalue weighted by Gasteiger charge is 2.32. The number of rotatable bonds is 2. The van der Waals surface area contributed by atoms with Gasteiger partial charge in [0.2, 0.25) is 0 Å². The Hall–Kier alpha value is -1.36. The van der Waals surface area contributed by atoms with Crippen molar-refractivity contribution in [3.8, 4) is 0 Å². The van der Waals surface area contributed by atoms with Gasteiger partial charge in [-0.2, -0.15) is 13.2 Å². The van der Waals surface area contributed by atoms with Crippen molar-refractivity contribution in [2.24, 2.45) is 0 Å². The van der Waals surface area contributed by atoms with Gasteiger partial charge in [0.05, 0.1) is 5.56 Å². The van der Waals surface area contributed by atoms with E-state index in [0.29, 0.717) is 18.1 Å². The Morgan fingerprint density at radius 3 is 2.50 bits per heavy atom. The molecule has 2 rings (SSSR count). The maximum atomic E-state index is 13.3. The number of aliphatic hydroxyl groups is 1. The molecule has 0 saturated carbocycles. The number of aliphatic hydroxyl groups excluding tert-OH is 1. The molecular weight excluding hydrogens is 272 g/mol. The van der Waals surface area contributed by atoms with E-state index in [0.717, 1.165) is 37.8 Å². The van der Waals surface area contributed by atoms with E-state index >= 15 is 0 Å². The molecule has 0 saturated heterocycles. The summed E-state index contributed by atoms with van der Waals surface area (Å²) in [5.74, 6) is -0.983. The number of hydrogen-bond acceptors (Lipinski definition) is 1. The number of halogens is 4. The summed E-state index contributed by atoms with van der Waals surface area (Å²) in [5.41, 5.74) is -0.424. The third-order valence-corrected chi connectivity index (χ3v) is 3.49. The molecule has 0 aliphatic heterocycles. The van der Waals surface area contributed by atoms with Crippen LogP contribution in [0.4, 0.5) is 17.6 Å². The highest BCUT2D eigenvalue weighted by atomic mass is 19.4. The second-order valence-corrected chi connectivity index (χ2v) is 5.05. The van der Waals surface area contributed by atoms with Crippen LogP contribution in [0.15, 0.2) is 29.8 Å². The van der Waals surface area contributed by atoms with Gasteiger partial charge in [-0.15, -0.1) is 0 Å². The zero-order valence-electron chi connectivity index (χ0n) is 10.9. The van der Waals surface area contributed by atoms with Crippen molar-refractivity contribution in [1.82, 2.24) is 0 Å². The lowest BCUT2D eigenvalue weighted by atomic mass is 9.96. The van der Waals surface area contributed by atoms with Crippen LogP contribution in [0.2, 0.25) is 0 Å². The van der Waals surface area contributed by atoms with E-state index in [9.17, 15) is 22.7 Å². The van der Waals surface area contributed by atoms with Gasteiger partial charge in [0.25, 0.3) is 0 Å². The van der Waals surface area contributed by atoms with Crippen LogP contribution >= 0.6 is 0 Å². The van der Waals surface area contributed by atoms with E-state index in [1.54, 1.807) is 0 Å². The molecule has 1 aromatic carbocycles. The van der Waals surface area contributed by atoms with E-state index < -0.39 is 23.7 Å². The number of alkyl halides is 3. The third-order valence-electron chi connectivity index (χ3n) is 3.49. The fourth-order valence-electron chi connectivity index (χ4n) is 2.44. The minimum absolute atomic E-state index is 0.0366. The first-order chi connectivity index (χ1) is 9.38. The molecular formula is C15H16F4O. The summed E-state index contributed by atoms with van der Waals surface area (Å²) in [7, 11) is 0. The van der Waals surface area contributed by atoms with Crippen molar-refractivity contribution in [2.75, 3.05) is 0 Å². The molecule has 0 heterocycles. The minimum Gasteiger partial charge on any atom is -0.384 e. The van der Waals surface area contributed by atoms with Crippen molar-refractivity contribution in [3.63, 3.8) is 0 Å². The molecule has 1 aliphatic rings. The summed E-state index contributed by atoms with van der Waals surface area (Å²) in [4.78, 5) is 0. The average molecular weight is 288 g/mol. The zero-order chi connectivity index (χ0) is 14.8. The van der Waals surface area contributed by atoms with Gasteiger partial charge < -0.3 is 5.11 Å². The molecule has 0 fully saturated rings. The van der Waals surface area contributed by atoms with Gasteiger partial charge in [-0.25, -0.2) is 4.39 Å². The van der Waals surface area contributed by atoms with E-state index in [1.165, 1.54) is 0 Å². The normalized spacial score (nSPS) is 18.4. The Morgan fingerprint density at radius 2 is 1.80 bits per heavy atom. The third kappa shape index (κ3) is 3.60. The average Bonchev–Trinajstić information content (AvgIpc) is 2.65. The lowest BCUT2D eigenvalue weighted by Crippen LogP contribution is -2.09. The standard InChI is InChI=1S/C15H16F4O/c16-13-8-11(7-12(9-13)15(17,18)19)14(20)10-5-3-1-2-4-6-10/h5,7-9,14,20H,1-4,6H2. The topological polar surface area (TPSA) is 20.2 Å². The first kappa shape index (κ1) is 15.0. The smallest absolute Gasteiger partial charge is 0.384 e. The number of benzene rings is 1. The lowest BCUT2D eigenvalue weighted by molar-refractivity contribution is -0.137. The fourth-order valence-corrected chi connectivity index (χ4v) is 2.44. The molecule has 110 valence electrons. The first-order valence-corrected chi connectivity index (χ1v) is 6.62. The predicted octanol–water partition coefficient (Wildman–Crippen LogP) is 4.77. The first-order valence-electron chi connectivity index (χ1n) is 6.62. The second kappa shape index (κ2) is 5.95. The summed E-state index contributed by atoms with van der Waals surface area (Å²) < 4.78 is 51.3. The van der Waals surface area contributed by atoms with Crippen molar-refractivity contribution >= 4 is 0 Å². The van der Waals surface area contributed by atoms with Gasteiger partial charge in [-0.3, -0.25) is 0 Å². The lowest BCUT2D eigenvalue weighted by Gasteiger charge is -2.17. The summed E-state index contributed by atoms with van der Waals surface area (Å²) in [6, 6.07) is 2.23. The van der Waals surface area contributed by atoms with Crippen LogP contribution < -0.4 is 0 Å². The fraction of sp³-hybridized carbons (Fsp3) is 0.467. The maximum absolute atomic E-state index is 13.3. The maximum Gasteiger partial charge on any atom is 0.416 e. The Morgan fingerprint density at radius 1 is 1.05 bits per heavy atom.